The molecule has 0 radical (unpaired) electrons. The monoisotopic (exact) mass is 408 g/mol. The van der Waals surface area contributed by atoms with E-state index in [1.165, 1.54) is 33.1 Å². The number of ether oxygens (including phenoxy) is 2. The maximum absolute atomic E-state index is 13.4. The molecule has 4 fully saturated rings. The molecule has 1 saturated heterocycles. The van der Waals surface area contributed by atoms with Gasteiger partial charge in [-0.3, -0.25) is 9.59 Å². The predicted molar refractivity (Wildman–Crippen MR) is 102 cm³/mol. The van der Waals surface area contributed by atoms with Crippen LogP contribution >= 0.6 is 0 Å². The van der Waals surface area contributed by atoms with Crippen LogP contribution in [0.4, 0.5) is 0 Å². The van der Waals surface area contributed by atoms with E-state index in [1.807, 2.05) is 0 Å². The van der Waals surface area contributed by atoms with Crippen molar-refractivity contribution >= 4 is 11.6 Å². The van der Waals surface area contributed by atoms with Gasteiger partial charge in [-0.25, -0.2) is 0 Å². The molecule has 0 amide bonds. The highest BCUT2D eigenvalue weighted by Gasteiger charge is 2.78. The Hall–Kier alpha value is -1.84. The van der Waals surface area contributed by atoms with Gasteiger partial charge in [-0.2, -0.15) is 0 Å². The first-order valence-electron chi connectivity index (χ1n) is 9.53. The molecule has 3 aliphatic carbocycles. The average molecular weight is 408 g/mol. The second kappa shape index (κ2) is 6.85. The summed E-state index contributed by atoms with van der Waals surface area (Å²) in [5.74, 6) is -5.64. The fourth-order valence-corrected chi connectivity index (χ4v) is 5.32. The van der Waals surface area contributed by atoms with Crippen molar-refractivity contribution in [2.45, 2.75) is 44.2 Å². The Kier molecular flexibility index (Phi) is 5.16. The minimum Gasteiger partial charge on any atom is -0.508 e. The molecule has 4 rings (SSSR count). The molecule has 8 nitrogen and oxygen atoms in total. The van der Waals surface area contributed by atoms with Crippen LogP contribution in [0.25, 0.3) is 0 Å². The Morgan fingerprint density at radius 1 is 1.28 bits per heavy atom. The van der Waals surface area contributed by atoms with Crippen molar-refractivity contribution in [2.24, 2.45) is 17.3 Å². The second-order valence-corrected chi connectivity index (χ2v) is 8.43. The number of aliphatic hydroxyl groups excluding tert-OH is 2. The molecule has 29 heavy (non-hydrogen) atoms. The van der Waals surface area contributed by atoms with Crippen molar-refractivity contribution in [3.05, 3.63) is 35.6 Å². The molecule has 6 atom stereocenters. The summed E-state index contributed by atoms with van der Waals surface area (Å²) in [4.78, 5) is 26.6. The Balaban J connectivity index is 2.24. The Morgan fingerprint density at radius 2 is 1.93 bits per heavy atom. The lowest BCUT2D eigenvalue weighted by Crippen LogP contribution is -2.80. The molecule has 1 aliphatic heterocycles. The lowest BCUT2D eigenvalue weighted by molar-refractivity contribution is -0.338. The molecule has 0 spiro atoms. The molecule has 6 unspecified atom stereocenters. The minimum absolute atomic E-state index is 0.125. The number of rotatable bonds is 4. The highest BCUT2D eigenvalue weighted by atomic mass is 16.7. The van der Waals surface area contributed by atoms with Gasteiger partial charge in [-0.1, -0.05) is 18.2 Å². The third kappa shape index (κ3) is 2.70. The van der Waals surface area contributed by atoms with Crippen molar-refractivity contribution in [1.82, 2.24) is 0 Å². The summed E-state index contributed by atoms with van der Waals surface area (Å²) in [7, 11) is 1.33. The number of carbonyl (C=O) groups is 2. The molecule has 0 aromatic heterocycles. The summed E-state index contributed by atoms with van der Waals surface area (Å²) in [5.41, 5.74) is -5.95. The van der Waals surface area contributed by atoms with Gasteiger partial charge in [0.05, 0.1) is 24.5 Å². The molecule has 160 valence electrons. The van der Waals surface area contributed by atoms with Gasteiger partial charge in [0, 0.05) is 25.0 Å². The second-order valence-electron chi connectivity index (χ2n) is 8.43. The first-order valence-corrected chi connectivity index (χ1v) is 9.53. The summed E-state index contributed by atoms with van der Waals surface area (Å²) >= 11 is 0. The number of allylic oxidation sites excluding steroid dienone is 4. The number of ketones is 2. The van der Waals surface area contributed by atoms with E-state index < -0.39 is 64.8 Å². The van der Waals surface area contributed by atoms with Crippen LogP contribution in [0.2, 0.25) is 0 Å². The van der Waals surface area contributed by atoms with Gasteiger partial charge in [-0.05, 0) is 26.8 Å². The van der Waals surface area contributed by atoms with Crippen LogP contribution in [0.5, 0.6) is 0 Å². The topological polar surface area (TPSA) is 134 Å². The molecule has 4 aliphatic rings. The van der Waals surface area contributed by atoms with E-state index >= 15 is 0 Å². The maximum atomic E-state index is 13.4. The van der Waals surface area contributed by atoms with Gasteiger partial charge in [0.2, 0.25) is 0 Å². The molecule has 2 bridgehead atoms. The molecule has 3 saturated carbocycles. The van der Waals surface area contributed by atoms with E-state index in [0.717, 1.165) is 0 Å². The Morgan fingerprint density at radius 3 is 2.48 bits per heavy atom. The third-order valence-corrected chi connectivity index (χ3v) is 6.83. The number of fused-ring (bicyclic) bond motifs is 2. The van der Waals surface area contributed by atoms with Crippen LogP contribution in [0, 0.1) is 17.3 Å². The lowest BCUT2D eigenvalue weighted by Gasteiger charge is -2.65. The highest BCUT2D eigenvalue weighted by Crippen LogP contribution is 2.64. The number of hydrogen-bond donors (Lipinski definition) is 4. The summed E-state index contributed by atoms with van der Waals surface area (Å²) in [6.45, 7) is 3.46. The van der Waals surface area contributed by atoms with Crippen LogP contribution in [0.3, 0.4) is 0 Å². The Labute approximate surface area is 169 Å². The average Bonchev–Trinajstić information content (AvgIpc) is 2.69. The fourth-order valence-electron chi connectivity index (χ4n) is 5.32. The molecular formula is C21H28O8. The molecule has 1 heterocycles. The largest absolute Gasteiger partial charge is 0.508 e. The zero-order valence-electron chi connectivity index (χ0n) is 17.0. The van der Waals surface area contributed by atoms with Gasteiger partial charge < -0.3 is 29.9 Å². The maximum Gasteiger partial charge on any atom is 0.191 e. The first kappa shape index (κ1) is 21.9. The van der Waals surface area contributed by atoms with E-state index in [9.17, 15) is 30.0 Å². The van der Waals surface area contributed by atoms with Crippen LogP contribution < -0.4 is 0 Å². The van der Waals surface area contributed by atoms with Gasteiger partial charge in [0.1, 0.15) is 17.0 Å². The summed E-state index contributed by atoms with van der Waals surface area (Å²) in [6.07, 6.45) is 6.04. The van der Waals surface area contributed by atoms with Gasteiger partial charge >= 0.3 is 0 Å². The third-order valence-electron chi connectivity index (χ3n) is 6.83. The zero-order chi connectivity index (χ0) is 21.8. The number of aliphatic hydroxyl groups is 4. The number of hydrogen-bond acceptors (Lipinski definition) is 8. The van der Waals surface area contributed by atoms with Gasteiger partial charge in [0.25, 0.3) is 0 Å². The van der Waals surface area contributed by atoms with Crippen LogP contribution in [0.15, 0.2) is 35.6 Å². The van der Waals surface area contributed by atoms with E-state index in [1.54, 1.807) is 19.1 Å². The summed E-state index contributed by atoms with van der Waals surface area (Å²) in [5, 5.41) is 43.1. The smallest absolute Gasteiger partial charge is 0.191 e. The van der Waals surface area contributed by atoms with Crippen molar-refractivity contribution in [3.8, 4) is 0 Å². The standard InChI is InChI=1S/C21H28O8/c1-5-6-7-8-12(23)14-15-19(3,26)17(25)18(2,16(14)24)13-9-20(10-22,28-4)29-11-21(13,15)27/h5-8,13,15,22-23,26-27H,9-11H2,1-4H3. The molecular weight excluding hydrogens is 380 g/mol. The van der Waals surface area contributed by atoms with Crippen LogP contribution in [-0.2, 0) is 19.1 Å². The first-order chi connectivity index (χ1) is 13.5. The molecule has 0 aromatic rings. The number of methoxy groups -OCH3 is 1. The van der Waals surface area contributed by atoms with Gasteiger partial charge in [-0.15, -0.1) is 0 Å². The fraction of sp³-hybridized carbons (Fsp3) is 0.619. The van der Waals surface area contributed by atoms with Crippen molar-refractivity contribution in [1.29, 1.82) is 0 Å². The number of Topliss-reactive ketones (excluding diaryl/α,β-unsaturated/α-hetero) is 2. The van der Waals surface area contributed by atoms with E-state index in [0.29, 0.717) is 0 Å². The normalized spacial score (nSPS) is 46.6. The minimum atomic E-state index is -2.10. The summed E-state index contributed by atoms with van der Waals surface area (Å²) in [6, 6.07) is 0. The van der Waals surface area contributed by atoms with E-state index in [2.05, 4.69) is 0 Å². The number of carbonyl (C=O) groups excluding carboxylic acids is 2. The molecule has 0 aromatic carbocycles. The quantitative estimate of drug-likeness (QED) is 0.230. The predicted octanol–water partition coefficient (Wildman–Crippen LogP) is 0.572. The van der Waals surface area contributed by atoms with Crippen LogP contribution in [0.1, 0.15) is 27.2 Å². The van der Waals surface area contributed by atoms with E-state index in [-0.39, 0.29) is 12.0 Å². The van der Waals surface area contributed by atoms with Gasteiger partial charge in [0.15, 0.2) is 17.4 Å². The van der Waals surface area contributed by atoms with Crippen molar-refractivity contribution < 1.29 is 39.5 Å². The molecule has 4 N–H and O–H groups in total. The van der Waals surface area contributed by atoms with E-state index in [4.69, 9.17) is 9.47 Å². The summed E-state index contributed by atoms with van der Waals surface area (Å²) < 4.78 is 10.9. The Bertz CT molecular complexity index is 819. The highest BCUT2D eigenvalue weighted by molar-refractivity contribution is 6.22. The van der Waals surface area contributed by atoms with Crippen LogP contribution in [-0.4, -0.2) is 69.3 Å². The molecule has 8 heteroatoms. The zero-order valence-corrected chi connectivity index (χ0v) is 17.0. The van der Waals surface area contributed by atoms with Crippen molar-refractivity contribution in [2.75, 3.05) is 20.3 Å². The lowest BCUT2D eigenvalue weighted by atomic mass is 9.41. The van der Waals surface area contributed by atoms with Crippen molar-refractivity contribution in [3.63, 3.8) is 0 Å². The SMILES string of the molecule is CC=CC=CC(O)=C1C(=O)C2(C)C(=O)C(C)(O)C1C1(O)COC(CO)(OC)CC21.